The number of fused-ring (bicyclic) bond motifs is 1. The molecular formula is C15H19N3O3. The number of carboxylic acid groups (broad SMARTS) is 1. The van der Waals surface area contributed by atoms with Crippen molar-refractivity contribution in [2.45, 2.75) is 26.3 Å². The van der Waals surface area contributed by atoms with E-state index in [0.29, 0.717) is 19.5 Å². The quantitative estimate of drug-likeness (QED) is 0.811. The summed E-state index contributed by atoms with van der Waals surface area (Å²) < 4.78 is 1.94. The van der Waals surface area contributed by atoms with Crippen LogP contribution in [-0.4, -0.2) is 33.1 Å². The van der Waals surface area contributed by atoms with Gasteiger partial charge in [0.25, 0.3) is 0 Å². The average molecular weight is 289 g/mol. The van der Waals surface area contributed by atoms with E-state index >= 15 is 0 Å². The van der Waals surface area contributed by atoms with E-state index in [2.05, 4.69) is 10.3 Å². The summed E-state index contributed by atoms with van der Waals surface area (Å²) in [5, 5.41) is 11.4. The Morgan fingerprint density at radius 3 is 2.90 bits per heavy atom. The Bertz CT molecular complexity index is 636. The summed E-state index contributed by atoms with van der Waals surface area (Å²) in [6.07, 6.45) is 2.14. The van der Waals surface area contributed by atoms with Crippen molar-refractivity contribution in [1.29, 1.82) is 0 Å². The molecule has 2 rings (SSSR count). The Balaban J connectivity index is 1.80. The van der Waals surface area contributed by atoms with Crippen molar-refractivity contribution in [2.24, 2.45) is 5.92 Å². The molecule has 0 fully saturated rings. The van der Waals surface area contributed by atoms with Gasteiger partial charge in [-0.05, 0) is 18.1 Å². The van der Waals surface area contributed by atoms with Crippen molar-refractivity contribution in [1.82, 2.24) is 14.9 Å². The van der Waals surface area contributed by atoms with Gasteiger partial charge in [0.2, 0.25) is 5.91 Å². The van der Waals surface area contributed by atoms with E-state index in [1.807, 2.05) is 28.8 Å². The number of benzene rings is 1. The number of aromatic nitrogens is 2. The molecule has 0 saturated heterocycles. The predicted octanol–water partition coefficient (Wildman–Crippen LogP) is 1.65. The van der Waals surface area contributed by atoms with Crippen molar-refractivity contribution in [3.63, 3.8) is 0 Å². The van der Waals surface area contributed by atoms with Crippen molar-refractivity contribution in [3.05, 3.63) is 30.6 Å². The van der Waals surface area contributed by atoms with Crippen molar-refractivity contribution in [2.75, 3.05) is 6.54 Å². The second-order valence-electron chi connectivity index (χ2n) is 5.18. The second kappa shape index (κ2) is 6.88. The number of carbonyl (C=O) groups excluding carboxylic acids is 1. The highest BCUT2D eigenvalue weighted by Crippen LogP contribution is 2.12. The molecule has 1 heterocycles. The zero-order valence-corrected chi connectivity index (χ0v) is 12.0. The van der Waals surface area contributed by atoms with Crippen LogP contribution in [0.4, 0.5) is 0 Å². The Kier molecular flexibility index (Phi) is 4.92. The van der Waals surface area contributed by atoms with Crippen LogP contribution in [0.5, 0.6) is 0 Å². The minimum absolute atomic E-state index is 0.0619. The molecule has 1 aromatic heterocycles. The van der Waals surface area contributed by atoms with Crippen LogP contribution in [0, 0.1) is 5.92 Å². The third kappa shape index (κ3) is 4.30. The number of aliphatic carboxylic acids is 1. The Labute approximate surface area is 122 Å². The van der Waals surface area contributed by atoms with E-state index in [-0.39, 0.29) is 18.2 Å². The topological polar surface area (TPSA) is 84.2 Å². The lowest BCUT2D eigenvalue weighted by atomic mass is 10.1. The first-order valence-electron chi connectivity index (χ1n) is 6.94. The van der Waals surface area contributed by atoms with E-state index in [9.17, 15) is 9.59 Å². The molecule has 0 aliphatic rings. The predicted molar refractivity (Wildman–Crippen MR) is 78.8 cm³/mol. The van der Waals surface area contributed by atoms with Gasteiger partial charge in [0.15, 0.2) is 0 Å². The second-order valence-corrected chi connectivity index (χ2v) is 5.18. The molecule has 0 aliphatic carbocycles. The first-order chi connectivity index (χ1) is 10.1. The van der Waals surface area contributed by atoms with E-state index in [1.165, 1.54) is 0 Å². The van der Waals surface area contributed by atoms with Crippen LogP contribution in [0.15, 0.2) is 30.6 Å². The van der Waals surface area contributed by atoms with Gasteiger partial charge in [0.05, 0.1) is 17.4 Å². The number of para-hydroxylation sites is 2. The van der Waals surface area contributed by atoms with Crippen LogP contribution in [0.1, 0.15) is 19.8 Å². The SMILES string of the molecule is CC(CNC(=O)CCn1cnc2ccccc21)CC(=O)O. The van der Waals surface area contributed by atoms with Gasteiger partial charge in [-0.1, -0.05) is 19.1 Å². The maximum Gasteiger partial charge on any atom is 0.303 e. The molecule has 0 aliphatic heterocycles. The maximum absolute atomic E-state index is 11.8. The van der Waals surface area contributed by atoms with Gasteiger partial charge in [0, 0.05) is 25.9 Å². The zero-order valence-electron chi connectivity index (χ0n) is 12.0. The smallest absolute Gasteiger partial charge is 0.303 e. The molecular weight excluding hydrogens is 270 g/mol. The number of hydrogen-bond donors (Lipinski definition) is 2. The lowest BCUT2D eigenvalue weighted by Gasteiger charge is -2.10. The summed E-state index contributed by atoms with van der Waals surface area (Å²) in [4.78, 5) is 26.6. The third-order valence-corrected chi connectivity index (χ3v) is 3.28. The number of rotatable bonds is 7. The van der Waals surface area contributed by atoms with Crippen LogP contribution in [-0.2, 0) is 16.1 Å². The van der Waals surface area contributed by atoms with Crippen LogP contribution < -0.4 is 5.32 Å². The molecule has 0 radical (unpaired) electrons. The molecule has 0 saturated carbocycles. The lowest BCUT2D eigenvalue weighted by Crippen LogP contribution is -2.29. The molecule has 0 spiro atoms. The fraction of sp³-hybridized carbons (Fsp3) is 0.400. The van der Waals surface area contributed by atoms with Crippen LogP contribution in [0.25, 0.3) is 11.0 Å². The molecule has 6 heteroatoms. The Morgan fingerprint density at radius 2 is 2.14 bits per heavy atom. The fourth-order valence-corrected chi connectivity index (χ4v) is 2.16. The van der Waals surface area contributed by atoms with Gasteiger partial charge >= 0.3 is 5.97 Å². The summed E-state index contributed by atoms with van der Waals surface area (Å²) in [6.45, 7) is 2.74. The van der Waals surface area contributed by atoms with Crippen LogP contribution in [0.2, 0.25) is 0 Å². The third-order valence-electron chi connectivity index (χ3n) is 3.28. The lowest BCUT2D eigenvalue weighted by molar-refractivity contribution is -0.138. The van der Waals surface area contributed by atoms with E-state index in [1.54, 1.807) is 13.3 Å². The summed E-state index contributed by atoms with van der Waals surface area (Å²) >= 11 is 0. The highest BCUT2D eigenvalue weighted by atomic mass is 16.4. The van der Waals surface area contributed by atoms with Gasteiger partial charge in [-0.25, -0.2) is 4.98 Å². The molecule has 1 unspecified atom stereocenters. The fourth-order valence-electron chi connectivity index (χ4n) is 2.16. The zero-order chi connectivity index (χ0) is 15.2. The molecule has 112 valence electrons. The van der Waals surface area contributed by atoms with E-state index in [0.717, 1.165) is 11.0 Å². The van der Waals surface area contributed by atoms with Crippen LogP contribution in [0.3, 0.4) is 0 Å². The molecule has 1 aromatic carbocycles. The maximum atomic E-state index is 11.8. The standard InChI is InChI=1S/C15H19N3O3/c1-11(8-15(20)21)9-16-14(19)6-7-18-10-17-12-4-2-3-5-13(12)18/h2-5,10-11H,6-9H2,1H3,(H,16,19)(H,20,21). The van der Waals surface area contributed by atoms with Gasteiger partial charge < -0.3 is 15.0 Å². The number of hydrogen-bond acceptors (Lipinski definition) is 3. The molecule has 1 amide bonds. The average Bonchev–Trinajstić information content (AvgIpc) is 2.85. The van der Waals surface area contributed by atoms with Gasteiger partial charge in [-0.15, -0.1) is 0 Å². The highest BCUT2D eigenvalue weighted by molar-refractivity contribution is 5.77. The van der Waals surface area contributed by atoms with Gasteiger partial charge in [-0.2, -0.15) is 0 Å². The Hall–Kier alpha value is -2.37. The normalized spacial score (nSPS) is 12.2. The summed E-state index contributed by atoms with van der Waals surface area (Å²) in [7, 11) is 0. The first-order valence-corrected chi connectivity index (χ1v) is 6.94. The molecule has 0 bridgehead atoms. The molecule has 1 atom stereocenters. The first kappa shape index (κ1) is 15.0. The number of carbonyl (C=O) groups is 2. The monoisotopic (exact) mass is 289 g/mol. The van der Waals surface area contributed by atoms with Gasteiger partial charge in [0.1, 0.15) is 0 Å². The number of imidazole rings is 1. The minimum Gasteiger partial charge on any atom is -0.481 e. The molecule has 6 nitrogen and oxygen atoms in total. The van der Waals surface area contributed by atoms with Gasteiger partial charge in [-0.3, -0.25) is 9.59 Å². The molecule has 2 N–H and O–H groups in total. The van der Waals surface area contributed by atoms with Crippen LogP contribution >= 0.6 is 0 Å². The van der Waals surface area contributed by atoms with Crippen molar-refractivity contribution in [3.8, 4) is 0 Å². The van der Waals surface area contributed by atoms with E-state index < -0.39 is 5.97 Å². The highest BCUT2D eigenvalue weighted by Gasteiger charge is 2.10. The summed E-state index contributed by atoms with van der Waals surface area (Å²) in [5.41, 5.74) is 1.91. The Morgan fingerprint density at radius 1 is 1.38 bits per heavy atom. The van der Waals surface area contributed by atoms with Crippen molar-refractivity contribution >= 4 is 22.9 Å². The number of nitrogens with zero attached hydrogens (tertiary/aromatic N) is 2. The number of nitrogens with one attached hydrogen (secondary N) is 1. The van der Waals surface area contributed by atoms with E-state index in [4.69, 9.17) is 5.11 Å². The number of carboxylic acids is 1. The number of aryl methyl sites for hydroxylation is 1. The molecule has 2 aromatic rings. The summed E-state index contributed by atoms with van der Waals surface area (Å²) in [6, 6.07) is 7.76. The minimum atomic E-state index is -0.846. The largest absolute Gasteiger partial charge is 0.481 e. The number of amides is 1. The molecule has 21 heavy (non-hydrogen) atoms. The van der Waals surface area contributed by atoms with Crippen molar-refractivity contribution < 1.29 is 14.7 Å². The summed E-state index contributed by atoms with van der Waals surface area (Å²) in [5.74, 6) is -0.993.